The highest BCUT2D eigenvalue weighted by atomic mass is 127. The van der Waals surface area contributed by atoms with Gasteiger partial charge in [0, 0.05) is 32.7 Å². The summed E-state index contributed by atoms with van der Waals surface area (Å²) in [6, 6.07) is 0. The van der Waals surface area contributed by atoms with Crippen molar-refractivity contribution >= 4 is 28.8 Å². The Bertz CT molecular complexity index is 286. The number of hydrogen-bond donors (Lipinski definition) is 1. The molecule has 0 radical (unpaired) electrons. The van der Waals surface area contributed by atoms with E-state index in [9.17, 15) is 4.79 Å². The van der Waals surface area contributed by atoms with E-state index in [0.29, 0.717) is 6.54 Å². The average Bonchev–Trinajstić information content (AvgIpc) is 2.43. The Balaban J connectivity index is 1.64. The molecule has 2 heterocycles. The lowest BCUT2D eigenvalue weighted by Crippen LogP contribution is -2.48. The Morgan fingerprint density at radius 1 is 1.11 bits per heavy atom. The summed E-state index contributed by atoms with van der Waals surface area (Å²) >= 11 is 1.91. The predicted octanol–water partition coefficient (Wildman–Crippen LogP) is 0.412. The van der Waals surface area contributed by atoms with Crippen LogP contribution in [0.1, 0.15) is 12.8 Å². The average molecular weight is 380 g/mol. The Hall–Kier alpha value is 0.0800. The van der Waals surface area contributed by atoms with E-state index in [1.54, 1.807) is 0 Å². The van der Waals surface area contributed by atoms with Crippen molar-refractivity contribution in [3.63, 3.8) is 0 Å². The number of carbonyl (C=O) groups is 1. The molecule has 19 heavy (non-hydrogen) atoms. The maximum Gasteiger partial charge on any atom is 0.242 e. The van der Waals surface area contributed by atoms with Crippen molar-refractivity contribution in [1.82, 2.24) is 18.2 Å². The number of likely N-dealkylation sites (N-methyl/N-ethyl adjacent to an activating group) is 1. The Morgan fingerprint density at radius 2 is 1.74 bits per heavy atom. The fourth-order valence-corrected chi connectivity index (χ4v) is 3.13. The molecule has 2 aliphatic heterocycles. The maximum atomic E-state index is 11.3. The quantitative estimate of drug-likeness (QED) is 0.567. The summed E-state index contributed by atoms with van der Waals surface area (Å²) in [6.45, 7) is 8.79. The van der Waals surface area contributed by atoms with Crippen molar-refractivity contribution in [2.24, 2.45) is 5.92 Å². The number of halogens is 1. The molecular weight excluding hydrogens is 355 g/mol. The summed E-state index contributed by atoms with van der Waals surface area (Å²) < 4.78 is 2.67. The lowest BCUT2D eigenvalue weighted by Gasteiger charge is -2.37. The van der Waals surface area contributed by atoms with Crippen LogP contribution < -0.4 is 3.53 Å². The van der Waals surface area contributed by atoms with Crippen molar-refractivity contribution in [3.05, 3.63) is 0 Å². The SMILES string of the molecule is CN1CCN(CC2CCN(CC(=O)NI)CC2)CC1. The Morgan fingerprint density at radius 3 is 2.32 bits per heavy atom. The molecule has 0 atom stereocenters. The number of nitrogens with zero attached hydrogens (tertiary/aromatic N) is 3. The number of carbonyl (C=O) groups excluding carboxylic acids is 1. The molecule has 2 aliphatic rings. The number of hydrogen-bond acceptors (Lipinski definition) is 4. The number of piperazine rings is 1. The van der Waals surface area contributed by atoms with Crippen molar-refractivity contribution in [2.45, 2.75) is 12.8 Å². The predicted molar refractivity (Wildman–Crippen MR) is 85.3 cm³/mol. The van der Waals surface area contributed by atoms with E-state index in [1.807, 2.05) is 22.9 Å². The fourth-order valence-electron chi connectivity index (χ4n) is 2.96. The molecule has 0 aromatic rings. The maximum absolute atomic E-state index is 11.3. The minimum absolute atomic E-state index is 0.123. The van der Waals surface area contributed by atoms with Crippen LogP contribution in [0.4, 0.5) is 0 Å². The minimum atomic E-state index is 0.123. The van der Waals surface area contributed by atoms with Crippen LogP contribution in [0.15, 0.2) is 0 Å². The summed E-state index contributed by atoms with van der Waals surface area (Å²) in [7, 11) is 2.20. The van der Waals surface area contributed by atoms with Crippen LogP contribution in [0, 0.1) is 5.92 Å². The van der Waals surface area contributed by atoms with Gasteiger partial charge in [-0.15, -0.1) is 0 Å². The zero-order chi connectivity index (χ0) is 13.7. The van der Waals surface area contributed by atoms with Crippen LogP contribution in [-0.4, -0.2) is 80.0 Å². The molecule has 0 unspecified atom stereocenters. The van der Waals surface area contributed by atoms with Gasteiger partial charge >= 0.3 is 0 Å². The summed E-state index contributed by atoms with van der Waals surface area (Å²) in [5.74, 6) is 0.945. The van der Waals surface area contributed by atoms with Gasteiger partial charge in [0.15, 0.2) is 0 Å². The second-order valence-corrected chi connectivity index (χ2v) is 6.38. The molecule has 1 amide bonds. The van der Waals surface area contributed by atoms with E-state index in [4.69, 9.17) is 0 Å². The van der Waals surface area contributed by atoms with Crippen molar-refractivity contribution in [3.8, 4) is 0 Å². The monoisotopic (exact) mass is 380 g/mol. The number of piperidine rings is 1. The highest BCUT2D eigenvalue weighted by Gasteiger charge is 2.23. The lowest BCUT2D eigenvalue weighted by atomic mass is 9.96. The standard InChI is InChI=1S/C13H25IN4O/c1-16-6-8-18(9-7-16)10-12-2-4-17(5-3-12)11-13(19)15-14/h12H,2-11H2,1H3,(H,15,19). The number of likely N-dealkylation sites (tertiary alicyclic amines) is 1. The van der Waals surface area contributed by atoms with Crippen LogP contribution in [-0.2, 0) is 4.79 Å². The van der Waals surface area contributed by atoms with E-state index in [0.717, 1.165) is 19.0 Å². The first kappa shape index (κ1) is 15.5. The van der Waals surface area contributed by atoms with Gasteiger partial charge in [-0.1, -0.05) is 0 Å². The summed E-state index contributed by atoms with van der Waals surface area (Å²) in [6.07, 6.45) is 2.47. The van der Waals surface area contributed by atoms with Gasteiger partial charge in [0.1, 0.15) is 0 Å². The fraction of sp³-hybridized carbons (Fsp3) is 0.923. The van der Waals surface area contributed by atoms with Crippen LogP contribution in [0.5, 0.6) is 0 Å². The molecule has 5 nitrogen and oxygen atoms in total. The number of amides is 1. The first-order valence-electron chi connectivity index (χ1n) is 7.20. The van der Waals surface area contributed by atoms with E-state index in [2.05, 4.69) is 25.3 Å². The molecule has 0 spiro atoms. The van der Waals surface area contributed by atoms with E-state index in [-0.39, 0.29) is 5.91 Å². The van der Waals surface area contributed by atoms with Crippen molar-refractivity contribution in [1.29, 1.82) is 0 Å². The van der Waals surface area contributed by atoms with Gasteiger partial charge in [0.2, 0.25) is 5.91 Å². The zero-order valence-electron chi connectivity index (χ0n) is 11.8. The molecule has 6 heteroatoms. The molecule has 1 N–H and O–H groups in total. The molecule has 2 saturated heterocycles. The van der Waals surface area contributed by atoms with E-state index < -0.39 is 0 Å². The third-order valence-electron chi connectivity index (χ3n) is 4.29. The van der Waals surface area contributed by atoms with Gasteiger partial charge in [-0.05, 0) is 38.9 Å². The highest BCUT2D eigenvalue weighted by molar-refractivity contribution is 14.1. The summed E-state index contributed by atoms with van der Waals surface area (Å²) in [5, 5.41) is 0. The minimum Gasteiger partial charge on any atom is -0.304 e. The normalized spacial score (nSPS) is 24.5. The highest BCUT2D eigenvalue weighted by Crippen LogP contribution is 2.18. The van der Waals surface area contributed by atoms with Gasteiger partial charge in [0.25, 0.3) is 0 Å². The Labute approximate surface area is 130 Å². The van der Waals surface area contributed by atoms with Crippen molar-refractivity contribution < 1.29 is 4.79 Å². The molecule has 0 saturated carbocycles. The van der Waals surface area contributed by atoms with Crippen LogP contribution in [0.3, 0.4) is 0 Å². The van der Waals surface area contributed by atoms with Crippen LogP contribution in [0.2, 0.25) is 0 Å². The molecule has 2 fully saturated rings. The lowest BCUT2D eigenvalue weighted by molar-refractivity contribution is -0.120. The van der Waals surface area contributed by atoms with Gasteiger partial charge in [-0.3, -0.25) is 13.2 Å². The topological polar surface area (TPSA) is 38.8 Å². The van der Waals surface area contributed by atoms with E-state index in [1.165, 1.54) is 45.6 Å². The third-order valence-corrected chi connectivity index (χ3v) is 4.89. The molecule has 0 aromatic carbocycles. The number of rotatable bonds is 4. The largest absolute Gasteiger partial charge is 0.304 e. The molecule has 2 rings (SSSR count). The van der Waals surface area contributed by atoms with Crippen LogP contribution >= 0.6 is 22.9 Å². The molecule has 0 aliphatic carbocycles. The van der Waals surface area contributed by atoms with Gasteiger partial charge in [-0.2, -0.15) is 0 Å². The molecule has 110 valence electrons. The second-order valence-electron chi connectivity index (χ2n) is 5.84. The second kappa shape index (κ2) is 7.75. The van der Waals surface area contributed by atoms with Gasteiger partial charge in [-0.25, -0.2) is 0 Å². The van der Waals surface area contributed by atoms with Gasteiger partial charge < -0.3 is 9.80 Å². The summed E-state index contributed by atoms with van der Waals surface area (Å²) in [5.41, 5.74) is 0. The van der Waals surface area contributed by atoms with E-state index >= 15 is 0 Å². The molecule has 0 aromatic heterocycles. The van der Waals surface area contributed by atoms with Crippen molar-refractivity contribution in [2.75, 3.05) is 59.4 Å². The summed E-state index contributed by atoms with van der Waals surface area (Å²) in [4.78, 5) is 18.6. The van der Waals surface area contributed by atoms with Gasteiger partial charge in [0.05, 0.1) is 29.4 Å². The van der Waals surface area contributed by atoms with Crippen LogP contribution in [0.25, 0.3) is 0 Å². The molecular formula is C13H25IN4O. The first-order chi connectivity index (χ1) is 9.17. The third kappa shape index (κ3) is 5.17. The Kier molecular flexibility index (Phi) is 6.31. The smallest absolute Gasteiger partial charge is 0.242 e. The number of nitrogens with one attached hydrogen (secondary N) is 1. The first-order valence-corrected chi connectivity index (χ1v) is 8.28. The molecule has 0 bridgehead atoms. The zero-order valence-corrected chi connectivity index (χ0v) is 13.9.